The van der Waals surface area contributed by atoms with Crippen LogP contribution in [0.5, 0.6) is 5.75 Å². The molecule has 4 nitrogen and oxygen atoms in total. The quantitative estimate of drug-likeness (QED) is 0.576. The third-order valence-electron chi connectivity index (χ3n) is 4.50. The van der Waals surface area contributed by atoms with Crippen molar-refractivity contribution in [1.82, 2.24) is 4.90 Å². The van der Waals surface area contributed by atoms with Crippen molar-refractivity contribution in [3.63, 3.8) is 0 Å². The Bertz CT molecular complexity index is 514. The molecule has 1 aliphatic rings. The predicted molar refractivity (Wildman–Crippen MR) is 95.1 cm³/mol. The summed E-state index contributed by atoms with van der Waals surface area (Å²) in [5.74, 6) is 0.0459. The molecule has 0 spiro atoms. The maximum Gasteiger partial charge on any atom is 0.227 e. The van der Waals surface area contributed by atoms with Crippen LogP contribution in [0.2, 0.25) is 5.02 Å². The highest BCUT2D eigenvalue weighted by Gasteiger charge is 2.25. The number of phenolic OH excluding ortho intramolecular Hbond substituents is 1. The van der Waals surface area contributed by atoms with Crippen LogP contribution in [0.25, 0.3) is 0 Å². The van der Waals surface area contributed by atoms with E-state index in [0.29, 0.717) is 10.7 Å². The molecule has 2 rings (SSSR count). The van der Waals surface area contributed by atoms with Crippen molar-refractivity contribution < 1.29 is 9.90 Å². The Hall–Kier alpha value is -1.26. The van der Waals surface area contributed by atoms with E-state index in [1.807, 2.05) is 0 Å². The number of benzene rings is 1. The number of hydrogen-bond acceptors (Lipinski definition) is 3. The van der Waals surface area contributed by atoms with E-state index in [0.717, 1.165) is 32.5 Å². The van der Waals surface area contributed by atoms with Crippen molar-refractivity contribution >= 4 is 23.2 Å². The summed E-state index contributed by atoms with van der Waals surface area (Å²) in [5.41, 5.74) is 0.393. The van der Waals surface area contributed by atoms with Crippen LogP contribution in [0.4, 0.5) is 5.69 Å². The Morgan fingerprint density at radius 3 is 2.74 bits per heavy atom. The number of aromatic hydroxyl groups is 1. The molecule has 0 saturated carbocycles. The van der Waals surface area contributed by atoms with Gasteiger partial charge in [0.1, 0.15) is 5.75 Å². The average molecular weight is 339 g/mol. The van der Waals surface area contributed by atoms with E-state index < -0.39 is 0 Å². The number of nitrogens with one attached hydrogen (secondary N) is 1. The van der Waals surface area contributed by atoms with Gasteiger partial charge in [-0.15, -0.1) is 0 Å². The third kappa shape index (κ3) is 5.70. The molecule has 1 saturated heterocycles. The van der Waals surface area contributed by atoms with Gasteiger partial charge in [-0.2, -0.15) is 0 Å². The summed E-state index contributed by atoms with van der Waals surface area (Å²) in [6.07, 6.45) is 6.87. The Balaban J connectivity index is 1.76. The molecule has 0 radical (unpaired) electrons. The molecule has 0 bridgehead atoms. The maximum absolute atomic E-state index is 12.4. The fraction of sp³-hybridized carbons (Fsp3) is 0.611. The minimum Gasteiger partial charge on any atom is -0.506 e. The van der Waals surface area contributed by atoms with Gasteiger partial charge in [-0.3, -0.25) is 4.79 Å². The van der Waals surface area contributed by atoms with Gasteiger partial charge in [0.15, 0.2) is 0 Å². The van der Waals surface area contributed by atoms with E-state index in [4.69, 9.17) is 11.6 Å². The Morgan fingerprint density at radius 2 is 2.04 bits per heavy atom. The SMILES string of the molecule is CCCCCCN1CCC(C(=O)Nc2cc(Cl)ccc2O)CC1. The highest BCUT2D eigenvalue weighted by molar-refractivity contribution is 6.31. The van der Waals surface area contributed by atoms with E-state index in [-0.39, 0.29) is 17.6 Å². The molecule has 128 valence electrons. The second kappa shape index (κ2) is 9.14. The number of unbranched alkanes of at least 4 members (excludes halogenated alkanes) is 3. The zero-order valence-corrected chi connectivity index (χ0v) is 14.6. The monoisotopic (exact) mass is 338 g/mol. The van der Waals surface area contributed by atoms with Crippen molar-refractivity contribution in [3.05, 3.63) is 23.2 Å². The molecule has 0 aromatic heterocycles. The zero-order valence-electron chi connectivity index (χ0n) is 13.9. The number of phenols is 1. The number of amides is 1. The first-order chi connectivity index (χ1) is 11.1. The largest absolute Gasteiger partial charge is 0.506 e. The lowest BCUT2D eigenvalue weighted by molar-refractivity contribution is -0.121. The van der Waals surface area contributed by atoms with Gasteiger partial charge in [0.05, 0.1) is 5.69 Å². The summed E-state index contributed by atoms with van der Waals surface area (Å²) in [7, 11) is 0. The molecule has 0 atom stereocenters. The standard InChI is InChI=1S/C18H27ClN2O2/c1-2-3-4-5-10-21-11-8-14(9-12-21)18(23)20-16-13-15(19)6-7-17(16)22/h6-7,13-14,22H,2-5,8-12H2,1H3,(H,20,23). The molecule has 2 N–H and O–H groups in total. The second-order valence-corrected chi connectivity index (χ2v) is 6.76. The molecule has 1 aromatic carbocycles. The van der Waals surface area contributed by atoms with E-state index in [1.165, 1.54) is 31.7 Å². The Kier molecular flexibility index (Phi) is 7.18. The normalized spacial score (nSPS) is 16.4. The minimum atomic E-state index is -0.0202. The zero-order chi connectivity index (χ0) is 16.7. The minimum absolute atomic E-state index is 0.0141. The van der Waals surface area contributed by atoms with E-state index in [9.17, 15) is 9.90 Å². The molecule has 5 heteroatoms. The topological polar surface area (TPSA) is 52.6 Å². The molecule has 1 fully saturated rings. The van der Waals surface area contributed by atoms with Crippen LogP contribution in [-0.2, 0) is 4.79 Å². The Labute approximate surface area is 143 Å². The van der Waals surface area contributed by atoms with Crippen molar-refractivity contribution in [2.24, 2.45) is 5.92 Å². The number of piperidine rings is 1. The number of likely N-dealkylation sites (tertiary alicyclic amines) is 1. The van der Waals surface area contributed by atoms with Crippen molar-refractivity contribution in [2.45, 2.75) is 45.4 Å². The van der Waals surface area contributed by atoms with Crippen LogP contribution in [0.15, 0.2) is 18.2 Å². The molecule has 1 amide bonds. The molecule has 23 heavy (non-hydrogen) atoms. The van der Waals surface area contributed by atoms with Gasteiger partial charge < -0.3 is 15.3 Å². The molecular formula is C18H27ClN2O2. The average Bonchev–Trinajstić information content (AvgIpc) is 2.55. The lowest BCUT2D eigenvalue weighted by atomic mass is 9.95. The molecule has 1 aromatic rings. The van der Waals surface area contributed by atoms with Crippen LogP contribution in [0, 0.1) is 5.92 Å². The number of rotatable bonds is 7. The molecule has 1 heterocycles. The first-order valence-corrected chi connectivity index (χ1v) is 8.99. The summed E-state index contributed by atoms with van der Waals surface area (Å²) in [6.45, 7) is 5.32. The van der Waals surface area contributed by atoms with Gasteiger partial charge in [0.2, 0.25) is 5.91 Å². The molecule has 0 aliphatic carbocycles. The van der Waals surface area contributed by atoms with E-state index in [2.05, 4.69) is 17.1 Å². The first kappa shape index (κ1) is 18.1. The lowest BCUT2D eigenvalue weighted by Gasteiger charge is -2.31. The summed E-state index contributed by atoms with van der Waals surface area (Å²) >= 11 is 5.91. The van der Waals surface area contributed by atoms with Gasteiger partial charge in [0, 0.05) is 10.9 Å². The van der Waals surface area contributed by atoms with Crippen molar-refractivity contribution in [2.75, 3.05) is 25.0 Å². The number of nitrogens with zero attached hydrogens (tertiary/aromatic N) is 1. The summed E-state index contributed by atoms with van der Waals surface area (Å²) in [5, 5.41) is 13.1. The molecule has 1 aliphatic heterocycles. The van der Waals surface area contributed by atoms with Crippen molar-refractivity contribution in [1.29, 1.82) is 0 Å². The maximum atomic E-state index is 12.4. The summed E-state index contributed by atoms with van der Waals surface area (Å²) in [6, 6.07) is 4.68. The highest BCUT2D eigenvalue weighted by atomic mass is 35.5. The number of carbonyl (C=O) groups excluding carboxylic acids is 1. The van der Waals surface area contributed by atoms with Crippen molar-refractivity contribution in [3.8, 4) is 5.75 Å². The molecule has 0 unspecified atom stereocenters. The van der Waals surface area contributed by atoms with Crippen LogP contribution in [0.3, 0.4) is 0 Å². The fourth-order valence-electron chi connectivity index (χ4n) is 3.02. The predicted octanol–water partition coefficient (Wildman–Crippen LogP) is 4.28. The van der Waals surface area contributed by atoms with E-state index >= 15 is 0 Å². The summed E-state index contributed by atoms with van der Waals surface area (Å²) in [4.78, 5) is 14.8. The third-order valence-corrected chi connectivity index (χ3v) is 4.74. The van der Waals surface area contributed by atoms with Gasteiger partial charge in [-0.1, -0.05) is 37.8 Å². The van der Waals surface area contributed by atoms with E-state index in [1.54, 1.807) is 12.1 Å². The first-order valence-electron chi connectivity index (χ1n) is 8.62. The Morgan fingerprint density at radius 1 is 1.30 bits per heavy atom. The van der Waals surface area contributed by atoms with Gasteiger partial charge in [0.25, 0.3) is 0 Å². The van der Waals surface area contributed by atoms with Gasteiger partial charge in [-0.25, -0.2) is 0 Å². The van der Waals surface area contributed by atoms with Crippen LogP contribution in [0.1, 0.15) is 45.4 Å². The van der Waals surface area contributed by atoms with Crippen LogP contribution >= 0.6 is 11.6 Å². The number of halogens is 1. The number of carbonyl (C=O) groups is 1. The van der Waals surface area contributed by atoms with Crippen LogP contribution < -0.4 is 5.32 Å². The lowest BCUT2D eigenvalue weighted by Crippen LogP contribution is -2.38. The van der Waals surface area contributed by atoms with Gasteiger partial charge >= 0.3 is 0 Å². The fourth-order valence-corrected chi connectivity index (χ4v) is 3.20. The van der Waals surface area contributed by atoms with Gasteiger partial charge in [-0.05, 0) is 57.1 Å². The smallest absolute Gasteiger partial charge is 0.227 e. The molecular weight excluding hydrogens is 312 g/mol. The number of anilines is 1. The van der Waals surface area contributed by atoms with Crippen LogP contribution in [-0.4, -0.2) is 35.5 Å². The number of hydrogen-bond donors (Lipinski definition) is 2. The second-order valence-electron chi connectivity index (χ2n) is 6.33. The summed E-state index contributed by atoms with van der Waals surface area (Å²) < 4.78 is 0. The highest BCUT2D eigenvalue weighted by Crippen LogP contribution is 2.28.